The van der Waals surface area contributed by atoms with Crippen LogP contribution in [0.5, 0.6) is 0 Å². The van der Waals surface area contributed by atoms with Crippen LogP contribution in [0.4, 0.5) is 0 Å². The van der Waals surface area contributed by atoms with Crippen molar-refractivity contribution in [3.8, 4) is 11.3 Å². The number of benzene rings is 1. The average molecular weight is 331 g/mol. The van der Waals surface area contributed by atoms with Crippen LogP contribution in [0.3, 0.4) is 0 Å². The van der Waals surface area contributed by atoms with Crippen LogP contribution in [-0.4, -0.2) is 15.4 Å². The van der Waals surface area contributed by atoms with Crippen molar-refractivity contribution < 1.29 is 4.79 Å². The number of carbonyl (C=O) groups excluding carboxylic acids is 1. The monoisotopic (exact) mass is 330 g/mol. The van der Waals surface area contributed by atoms with Gasteiger partial charge in [-0.05, 0) is 19.1 Å². The second kappa shape index (κ2) is 9.11. The van der Waals surface area contributed by atoms with Gasteiger partial charge in [0.05, 0.1) is 11.1 Å². The van der Waals surface area contributed by atoms with Crippen LogP contribution < -0.4 is 0 Å². The number of hydrogen-bond donors (Lipinski definition) is 0. The van der Waals surface area contributed by atoms with Gasteiger partial charge in [0.1, 0.15) is 10.8 Å². The van der Waals surface area contributed by atoms with E-state index >= 15 is 0 Å². The fourth-order valence-electron chi connectivity index (χ4n) is 2.18. The molecule has 4 heteroatoms. The molecular weight excluding hydrogens is 308 g/mol. The summed E-state index contributed by atoms with van der Waals surface area (Å²) in [5, 5.41) is 4.96. The molecule has 0 unspecified atom stereocenters. The predicted octanol–water partition coefficient (Wildman–Crippen LogP) is 5.91. The first-order valence-corrected chi connectivity index (χ1v) is 8.30. The number of nitrogens with zero attached hydrogens (tertiary/aromatic N) is 2. The van der Waals surface area contributed by atoms with E-state index in [2.05, 4.69) is 5.10 Å². The molecule has 0 fully saturated rings. The molecule has 3 rings (SSSR count). The first-order valence-electron chi connectivity index (χ1n) is 7.92. The van der Waals surface area contributed by atoms with Crippen LogP contribution in [0, 0.1) is 0 Å². The molecule has 0 amide bonds. The Balaban J connectivity index is 0.000000615. The van der Waals surface area contributed by atoms with Gasteiger partial charge in [-0.25, -0.2) is 4.52 Å². The van der Waals surface area contributed by atoms with E-state index in [9.17, 15) is 4.79 Å². The minimum Gasteiger partial charge on any atom is -0.294 e. The molecule has 0 N–H and O–H groups in total. The maximum atomic E-state index is 11.9. The van der Waals surface area contributed by atoms with Crippen molar-refractivity contribution in [3.63, 3.8) is 0 Å². The normalized spacial score (nSPS) is 9.48. The fraction of sp³-hybridized carbons (Fsp3) is 0.263. The van der Waals surface area contributed by atoms with E-state index in [1.165, 1.54) is 0 Å². The van der Waals surface area contributed by atoms with Gasteiger partial charge in [0.15, 0.2) is 5.78 Å². The molecule has 0 spiro atoms. The molecule has 0 radical (unpaired) electrons. The third kappa shape index (κ3) is 3.99. The van der Waals surface area contributed by atoms with Crippen LogP contribution in [0.25, 0.3) is 16.8 Å². The molecule has 23 heavy (non-hydrogen) atoms. The summed E-state index contributed by atoms with van der Waals surface area (Å²) >= 11 is 6.12. The van der Waals surface area contributed by atoms with E-state index in [1.54, 1.807) is 17.5 Å². The summed E-state index contributed by atoms with van der Waals surface area (Å²) in [6, 6.07) is 15.1. The lowest BCUT2D eigenvalue weighted by Crippen LogP contribution is -1.94. The summed E-state index contributed by atoms with van der Waals surface area (Å²) < 4.78 is 1.60. The zero-order chi connectivity index (χ0) is 17.4. The molecule has 0 saturated carbocycles. The highest BCUT2D eigenvalue weighted by atomic mass is 35.5. The van der Waals surface area contributed by atoms with E-state index in [0.717, 1.165) is 11.1 Å². The van der Waals surface area contributed by atoms with Crippen LogP contribution in [0.2, 0.25) is 5.15 Å². The van der Waals surface area contributed by atoms with Gasteiger partial charge in [-0.3, -0.25) is 4.79 Å². The molecule has 0 aliphatic rings. The summed E-state index contributed by atoms with van der Waals surface area (Å²) in [6.45, 7) is 9.55. The Bertz CT molecular complexity index is 764. The molecule has 0 atom stereocenters. The quantitative estimate of drug-likeness (QED) is 0.432. The largest absolute Gasteiger partial charge is 0.294 e. The summed E-state index contributed by atoms with van der Waals surface area (Å²) in [7, 11) is 0. The standard InChI is InChI=1S/C15H11ClN2O.2C2H6/c1-10(19)14-12-8-5-9-13(16)18(12)17-15(14)11-6-3-2-4-7-11;2*1-2/h2-9H,1H3;2*1-2H3. The summed E-state index contributed by atoms with van der Waals surface area (Å²) in [5.41, 5.74) is 2.92. The lowest BCUT2D eigenvalue weighted by Gasteiger charge is -1.98. The van der Waals surface area contributed by atoms with Crippen LogP contribution in [0.1, 0.15) is 45.0 Å². The number of carbonyl (C=O) groups is 1. The first kappa shape index (κ1) is 18.9. The lowest BCUT2D eigenvalue weighted by atomic mass is 10.0. The Morgan fingerprint density at radius 3 is 2.13 bits per heavy atom. The maximum Gasteiger partial charge on any atom is 0.164 e. The second-order valence-corrected chi connectivity index (χ2v) is 4.68. The third-order valence-corrected chi connectivity index (χ3v) is 3.30. The van der Waals surface area contributed by atoms with Gasteiger partial charge in [-0.2, -0.15) is 5.10 Å². The molecule has 2 heterocycles. The van der Waals surface area contributed by atoms with Gasteiger partial charge in [-0.15, -0.1) is 0 Å². The molecule has 0 aliphatic carbocycles. The topological polar surface area (TPSA) is 34.4 Å². The van der Waals surface area contributed by atoms with Gasteiger partial charge < -0.3 is 0 Å². The van der Waals surface area contributed by atoms with E-state index in [0.29, 0.717) is 16.4 Å². The molecular formula is C19H23ClN2O. The number of hydrogen-bond acceptors (Lipinski definition) is 2. The number of aromatic nitrogens is 2. The maximum absolute atomic E-state index is 11.9. The van der Waals surface area contributed by atoms with Gasteiger partial charge in [0, 0.05) is 5.56 Å². The average Bonchev–Trinajstić information content (AvgIpc) is 3.00. The first-order chi connectivity index (χ1) is 11.2. The van der Waals surface area contributed by atoms with Gasteiger partial charge in [-0.1, -0.05) is 75.7 Å². The minimum absolute atomic E-state index is 0.0175. The number of halogens is 1. The van der Waals surface area contributed by atoms with E-state index < -0.39 is 0 Å². The van der Waals surface area contributed by atoms with Crippen molar-refractivity contribution in [2.75, 3.05) is 0 Å². The van der Waals surface area contributed by atoms with Crippen LogP contribution >= 0.6 is 11.6 Å². The number of ketones is 1. The van der Waals surface area contributed by atoms with E-state index in [4.69, 9.17) is 11.6 Å². The summed E-state index contributed by atoms with van der Waals surface area (Å²) in [6.07, 6.45) is 0. The zero-order valence-electron chi connectivity index (χ0n) is 14.3. The highest BCUT2D eigenvalue weighted by Gasteiger charge is 2.18. The van der Waals surface area contributed by atoms with Gasteiger partial charge in [0.2, 0.25) is 0 Å². The molecule has 0 aliphatic heterocycles. The number of pyridine rings is 1. The van der Waals surface area contributed by atoms with Crippen molar-refractivity contribution in [1.82, 2.24) is 9.61 Å². The highest BCUT2D eigenvalue weighted by Crippen LogP contribution is 2.28. The number of Topliss-reactive ketones (excluding diaryl/α,β-unsaturated/α-hetero) is 1. The Morgan fingerprint density at radius 1 is 0.957 bits per heavy atom. The minimum atomic E-state index is -0.0175. The van der Waals surface area contributed by atoms with Crippen molar-refractivity contribution in [1.29, 1.82) is 0 Å². The molecule has 0 bridgehead atoms. The van der Waals surface area contributed by atoms with Crippen molar-refractivity contribution in [2.24, 2.45) is 0 Å². The fourth-order valence-corrected chi connectivity index (χ4v) is 2.38. The Morgan fingerprint density at radius 2 is 1.57 bits per heavy atom. The lowest BCUT2D eigenvalue weighted by molar-refractivity contribution is 0.102. The zero-order valence-corrected chi connectivity index (χ0v) is 15.1. The molecule has 1 aromatic carbocycles. The molecule has 3 aromatic rings. The third-order valence-electron chi connectivity index (χ3n) is 3.01. The molecule has 3 nitrogen and oxygen atoms in total. The summed E-state index contributed by atoms with van der Waals surface area (Å²) in [5.74, 6) is -0.0175. The highest BCUT2D eigenvalue weighted by molar-refractivity contribution is 6.30. The molecule has 0 saturated heterocycles. The van der Waals surface area contributed by atoms with Crippen molar-refractivity contribution in [3.05, 3.63) is 59.2 Å². The van der Waals surface area contributed by atoms with Gasteiger partial charge >= 0.3 is 0 Å². The van der Waals surface area contributed by atoms with Crippen LogP contribution in [-0.2, 0) is 0 Å². The van der Waals surface area contributed by atoms with Crippen molar-refractivity contribution in [2.45, 2.75) is 34.6 Å². The van der Waals surface area contributed by atoms with Gasteiger partial charge in [0.25, 0.3) is 0 Å². The Labute approximate surface area is 142 Å². The number of fused-ring (bicyclic) bond motifs is 1. The summed E-state index contributed by atoms with van der Waals surface area (Å²) in [4.78, 5) is 11.9. The molecule has 2 aromatic heterocycles. The number of rotatable bonds is 2. The smallest absolute Gasteiger partial charge is 0.164 e. The molecule has 122 valence electrons. The Kier molecular flexibility index (Phi) is 7.49. The van der Waals surface area contributed by atoms with Crippen molar-refractivity contribution >= 4 is 22.9 Å². The predicted molar refractivity (Wildman–Crippen MR) is 98.3 cm³/mol. The Hall–Kier alpha value is -2.13. The van der Waals surface area contributed by atoms with E-state index in [1.807, 2.05) is 70.2 Å². The van der Waals surface area contributed by atoms with Crippen LogP contribution in [0.15, 0.2) is 48.5 Å². The van der Waals surface area contributed by atoms with E-state index in [-0.39, 0.29) is 5.78 Å². The second-order valence-electron chi connectivity index (χ2n) is 4.29. The SMILES string of the molecule is CC.CC.CC(=O)c1c(-c2ccccc2)nn2c(Cl)cccc12.